The Kier molecular flexibility index (Phi) is 3.51. The molecule has 0 aliphatic rings. The van der Waals surface area contributed by atoms with Crippen LogP contribution in [0.15, 0.2) is 59.2 Å². The van der Waals surface area contributed by atoms with Crippen molar-refractivity contribution in [2.24, 2.45) is 5.73 Å². The van der Waals surface area contributed by atoms with Gasteiger partial charge in [-0.15, -0.1) is 0 Å². The first-order valence-corrected chi connectivity index (χ1v) is 7.00. The maximum atomic E-state index is 14.0. The van der Waals surface area contributed by atoms with Crippen LogP contribution in [0.3, 0.4) is 0 Å². The summed E-state index contributed by atoms with van der Waals surface area (Å²) in [6, 6.07) is 13.9. The Balaban J connectivity index is 2.10. The van der Waals surface area contributed by atoms with E-state index < -0.39 is 6.04 Å². The Morgan fingerprint density at radius 3 is 2.75 bits per heavy atom. The lowest BCUT2D eigenvalue weighted by molar-refractivity contribution is 0.598. The van der Waals surface area contributed by atoms with Gasteiger partial charge in [0.25, 0.3) is 0 Å². The fourth-order valence-corrected chi connectivity index (χ4v) is 2.85. The van der Waals surface area contributed by atoms with Crippen LogP contribution < -0.4 is 5.73 Å². The number of hydrogen-bond donors (Lipinski definition) is 1. The Labute approximate surface area is 124 Å². The van der Waals surface area contributed by atoms with E-state index in [1.165, 1.54) is 6.07 Å². The number of nitrogens with two attached hydrogens (primary N) is 1. The maximum absolute atomic E-state index is 14.0. The summed E-state index contributed by atoms with van der Waals surface area (Å²) in [5.41, 5.74) is 8.44. The summed E-state index contributed by atoms with van der Waals surface area (Å²) >= 11 is 3.36. The van der Waals surface area contributed by atoms with Crippen molar-refractivity contribution in [2.75, 3.05) is 0 Å². The molecule has 0 fully saturated rings. The smallest absolute Gasteiger partial charge is 0.129 e. The molecule has 0 aliphatic carbocycles. The first-order valence-electron chi connectivity index (χ1n) is 6.21. The molecule has 2 N–H and O–H groups in total. The number of hydrogen-bond acceptors (Lipinski definition) is 2. The third-order valence-electron chi connectivity index (χ3n) is 3.30. The Morgan fingerprint density at radius 1 is 1.10 bits per heavy atom. The molecule has 1 aromatic heterocycles. The van der Waals surface area contributed by atoms with E-state index in [4.69, 9.17) is 5.73 Å². The van der Waals surface area contributed by atoms with Crippen LogP contribution in [-0.2, 0) is 0 Å². The van der Waals surface area contributed by atoms with Crippen molar-refractivity contribution in [2.45, 2.75) is 6.04 Å². The van der Waals surface area contributed by atoms with Crippen LogP contribution in [0.4, 0.5) is 4.39 Å². The average molecular weight is 331 g/mol. The topological polar surface area (TPSA) is 38.9 Å². The van der Waals surface area contributed by atoms with E-state index in [1.807, 2.05) is 30.3 Å². The Hall–Kier alpha value is -1.78. The monoisotopic (exact) mass is 330 g/mol. The number of fused-ring (bicyclic) bond motifs is 1. The van der Waals surface area contributed by atoms with Crippen LogP contribution in [0.5, 0.6) is 0 Å². The number of nitrogens with zero attached hydrogens (tertiary/aromatic N) is 1. The predicted octanol–water partition coefficient (Wildman–Crippen LogP) is 4.18. The lowest BCUT2D eigenvalue weighted by Crippen LogP contribution is -2.14. The van der Waals surface area contributed by atoms with Gasteiger partial charge in [0.15, 0.2) is 0 Å². The van der Waals surface area contributed by atoms with Crippen molar-refractivity contribution in [1.29, 1.82) is 0 Å². The highest BCUT2D eigenvalue weighted by atomic mass is 79.9. The fourth-order valence-electron chi connectivity index (χ4n) is 2.26. The van der Waals surface area contributed by atoms with Gasteiger partial charge in [-0.25, -0.2) is 4.39 Å². The summed E-state index contributed by atoms with van der Waals surface area (Å²) < 4.78 is 14.7. The molecule has 1 atom stereocenters. The molecular weight excluding hydrogens is 319 g/mol. The van der Waals surface area contributed by atoms with Crippen molar-refractivity contribution in [3.8, 4) is 0 Å². The minimum Gasteiger partial charge on any atom is -0.320 e. The van der Waals surface area contributed by atoms with Crippen LogP contribution in [0.1, 0.15) is 17.2 Å². The molecule has 0 bridgehead atoms. The zero-order valence-electron chi connectivity index (χ0n) is 10.6. The Morgan fingerprint density at radius 2 is 1.95 bits per heavy atom. The van der Waals surface area contributed by atoms with E-state index in [-0.39, 0.29) is 5.82 Å². The molecule has 0 aliphatic heterocycles. The maximum Gasteiger partial charge on any atom is 0.129 e. The minimum atomic E-state index is -0.518. The second-order valence-electron chi connectivity index (χ2n) is 4.57. The van der Waals surface area contributed by atoms with Crippen LogP contribution in [0.25, 0.3) is 10.9 Å². The van der Waals surface area contributed by atoms with Gasteiger partial charge in [-0.1, -0.05) is 34.1 Å². The van der Waals surface area contributed by atoms with E-state index in [0.717, 1.165) is 16.5 Å². The summed E-state index contributed by atoms with van der Waals surface area (Å²) in [6.07, 6.45) is 1.75. The van der Waals surface area contributed by atoms with E-state index in [0.29, 0.717) is 10.0 Å². The van der Waals surface area contributed by atoms with Gasteiger partial charge in [0, 0.05) is 21.6 Å². The summed E-state index contributed by atoms with van der Waals surface area (Å²) in [6.45, 7) is 0. The molecule has 3 aromatic rings. The number of rotatable bonds is 2. The molecule has 4 heteroatoms. The number of aromatic nitrogens is 1. The van der Waals surface area contributed by atoms with Crippen molar-refractivity contribution >= 4 is 26.8 Å². The molecule has 20 heavy (non-hydrogen) atoms. The highest BCUT2D eigenvalue weighted by Crippen LogP contribution is 2.30. The largest absolute Gasteiger partial charge is 0.320 e. The van der Waals surface area contributed by atoms with E-state index in [9.17, 15) is 4.39 Å². The molecule has 2 nitrogen and oxygen atoms in total. The molecule has 0 spiro atoms. The second kappa shape index (κ2) is 5.31. The summed E-state index contributed by atoms with van der Waals surface area (Å²) in [4.78, 5) is 4.27. The fraction of sp³-hybridized carbons (Fsp3) is 0.0625. The number of pyridine rings is 1. The van der Waals surface area contributed by atoms with Crippen molar-refractivity contribution in [3.05, 3.63) is 76.1 Å². The van der Waals surface area contributed by atoms with Crippen LogP contribution >= 0.6 is 15.9 Å². The summed E-state index contributed by atoms with van der Waals surface area (Å²) in [5, 5.41) is 0.993. The lowest BCUT2D eigenvalue weighted by atomic mass is 9.98. The van der Waals surface area contributed by atoms with Gasteiger partial charge in [-0.05, 0) is 35.9 Å². The number of benzene rings is 2. The zero-order chi connectivity index (χ0) is 14.1. The molecule has 0 saturated carbocycles. The Bertz CT molecular complexity index is 753. The molecule has 0 radical (unpaired) electrons. The van der Waals surface area contributed by atoms with Gasteiger partial charge in [0.05, 0.1) is 11.6 Å². The molecule has 2 aromatic carbocycles. The minimum absolute atomic E-state index is 0.307. The third-order valence-corrected chi connectivity index (χ3v) is 3.99. The molecule has 1 heterocycles. The van der Waals surface area contributed by atoms with Crippen molar-refractivity contribution in [3.63, 3.8) is 0 Å². The van der Waals surface area contributed by atoms with Gasteiger partial charge in [-0.2, -0.15) is 0 Å². The molecule has 100 valence electrons. The lowest BCUT2D eigenvalue weighted by Gasteiger charge is -2.15. The van der Waals surface area contributed by atoms with Gasteiger partial charge >= 0.3 is 0 Å². The van der Waals surface area contributed by atoms with Gasteiger partial charge < -0.3 is 5.73 Å². The average Bonchev–Trinajstić information content (AvgIpc) is 2.46. The molecular formula is C16H12BrFN2. The highest BCUT2D eigenvalue weighted by Gasteiger charge is 2.17. The van der Waals surface area contributed by atoms with E-state index in [2.05, 4.69) is 20.9 Å². The quantitative estimate of drug-likeness (QED) is 0.765. The van der Waals surface area contributed by atoms with Crippen LogP contribution in [0, 0.1) is 5.82 Å². The zero-order valence-corrected chi connectivity index (χ0v) is 12.1. The van der Waals surface area contributed by atoms with Crippen LogP contribution in [-0.4, -0.2) is 4.98 Å². The SMILES string of the molecule is NC(c1ccc2ncccc2c1)c1c(F)cccc1Br. The molecule has 0 saturated heterocycles. The van der Waals surface area contributed by atoms with E-state index >= 15 is 0 Å². The standard InChI is InChI=1S/C16H12BrFN2/c17-12-4-1-5-13(18)15(12)16(19)11-6-7-14-10(9-11)3-2-8-20-14/h1-9,16H,19H2. The van der Waals surface area contributed by atoms with Gasteiger partial charge in [-0.3, -0.25) is 4.98 Å². The molecule has 3 rings (SSSR count). The molecule has 0 amide bonds. The molecule has 1 unspecified atom stereocenters. The first kappa shape index (κ1) is 13.2. The van der Waals surface area contributed by atoms with Gasteiger partial charge in [0.2, 0.25) is 0 Å². The van der Waals surface area contributed by atoms with Crippen LogP contribution in [0.2, 0.25) is 0 Å². The number of halogens is 2. The first-order chi connectivity index (χ1) is 9.66. The third kappa shape index (κ3) is 2.32. The van der Waals surface area contributed by atoms with Crippen molar-refractivity contribution in [1.82, 2.24) is 4.98 Å². The predicted molar refractivity (Wildman–Crippen MR) is 81.9 cm³/mol. The summed E-state index contributed by atoms with van der Waals surface area (Å²) in [7, 11) is 0. The van der Waals surface area contributed by atoms with Crippen molar-refractivity contribution < 1.29 is 4.39 Å². The highest BCUT2D eigenvalue weighted by molar-refractivity contribution is 9.10. The van der Waals surface area contributed by atoms with E-state index in [1.54, 1.807) is 18.3 Å². The summed E-state index contributed by atoms with van der Waals surface area (Å²) in [5.74, 6) is -0.307. The van der Waals surface area contributed by atoms with Gasteiger partial charge in [0.1, 0.15) is 5.82 Å². The normalized spacial score (nSPS) is 12.6. The second-order valence-corrected chi connectivity index (χ2v) is 5.42.